The molecule has 8 nitrogen and oxygen atoms in total. The van der Waals surface area contributed by atoms with Gasteiger partial charge < -0.3 is 19.1 Å². The Bertz CT molecular complexity index is 1230. The predicted molar refractivity (Wildman–Crippen MR) is 155 cm³/mol. The quantitative estimate of drug-likeness (QED) is 0.192. The normalized spacial score (nSPS) is 15.0. The highest BCUT2D eigenvalue weighted by Crippen LogP contribution is 2.41. The number of nitrogens with zero attached hydrogens (tertiary/aromatic N) is 2. The van der Waals surface area contributed by atoms with Crippen molar-refractivity contribution >= 4 is 68.1 Å². The monoisotopic (exact) mass is 620 g/mol. The van der Waals surface area contributed by atoms with Gasteiger partial charge in [0, 0.05) is 13.1 Å². The molecule has 1 aliphatic heterocycles. The third-order valence-corrected chi connectivity index (χ3v) is 7.63. The molecular weight excluding hydrogens is 592 g/mol. The average molecular weight is 622 g/mol. The minimum atomic E-state index is -0.996. The van der Waals surface area contributed by atoms with Gasteiger partial charge >= 0.3 is 5.97 Å². The van der Waals surface area contributed by atoms with Crippen molar-refractivity contribution in [3.8, 4) is 11.5 Å². The summed E-state index contributed by atoms with van der Waals surface area (Å²) in [6, 6.07) is 11.4. The number of halogens is 1. The smallest absolute Gasteiger partial charge is 0.333 e. The van der Waals surface area contributed by atoms with Crippen molar-refractivity contribution in [1.29, 1.82) is 0 Å². The summed E-state index contributed by atoms with van der Waals surface area (Å²) in [5.41, 5.74) is 1.25. The molecule has 11 heteroatoms. The number of thiocarbonyl (C=S) groups is 1. The van der Waals surface area contributed by atoms with E-state index in [1.54, 1.807) is 47.4 Å². The Labute approximate surface area is 240 Å². The van der Waals surface area contributed by atoms with Gasteiger partial charge in [-0.3, -0.25) is 14.5 Å². The summed E-state index contributed by atoms with van der Waals surface area (Å²) in [7, 11) is 1.28. The van der Waals surface area contributed by atoms with Gasteiger partial charge in [-0.25, -0.2) is 4.79 Å². The Morgan fingerprint density at radius 1 is 1.13 bits per heavy atom. The number of thioether (sulfide) groups is 1. The van der Waals surface area contributed by atoms with E-state index in [1.807, 2.05) is 26.8 Å². The molecule has 2 amide bonds. The number of carbonyl (C=O) groups excluding carboxylic acids is 3. The number of carbonyl (C=O) groups is 3. The highest BCUT2D eigenvalue weighted by molar-refractivity contribution is 9.10. The van der Waals surface area contributed by atoms with Gasteiger partial charge in [-0.1, -0.05) is 54.3 Å². The molecule has 2 aromatic rings. The molecule has 3 rings (SSSR count). The molecule has 202 valence electrons. The zero-order valence-electron chi connectivity index (χ0n) is 21.6. The van der Waals surface area contributed by atoms with Gasteiger partial charge in [-0.05, 0) is 66.0 Å². The number of hydrogen-bond acceptors (Lipinski definition) is 8. The number of benzene rings is 2. The molecule has 0 saturated carbocycles. The summed E-state index contributed by atoms with van der Waals surface area (Å²) in [5, 5.41) is 0. The molecule has 1 saturated heterocycles. The maximum Gasteiger partial charge on any atom is 0.333 e. The number of rotatable bonds is 11. The van der Waals surface area contributed by atoms with Gasteiger partial charge in [0.1, 0.15) is 4.32 Å². The first-order valence-electron chi connectivity index (χ1n) is 12.0. The van der Waals surface area contributed by atoms with Crippen LogP contribution in [0.2, 0.25) is 0 Å². The van der Waals surface area contributed by atoms with E-state index < -0.39 is 17.9 Å². The standard InChI is InChI=1S/C27H29BrN2O6S2/c1-5-29(6-2)22(31)16-36-24-19(28)13-17(14-20(24)35-7-3)15-21-25(32)30(27(37)38-21)23(26(33)34-4)18-11-9-8-10-12-18/h8-15,23H,5-7,16H2,1-4H3/b21-15+. The molecule has 0 spiro atoms. The second kappa shape index (κ2) is 13.8. The van der Waals surface area contributed by atoms with Crippen LogP contribution in [0.3, 0.4) is 0 Å². The number of hydrogen-bond donors (Lipinski definition) is 0. The van der Waals surface area contributed by atoms with E-state index >= 15 is 0 Å². The fourth-order valence-electron chi connectivity index (χ4n) is 3.87. The predicted octanol–water partition coefficient (Wildman–Crippen LogP) is 5.21. The van der Waals surface area contributed by atoms with Gasteiger partial charge in [0.05, 0.1) is 23.1 Å². The zero-order chi connectivity index (χ0) is 27.8. The summed E-state index contributed by atoms with van der Waals surface area (Å²) in [4.78, 5) is 41.9. The van der Waals surface area contributed by atoms with Crippen LogP contribution < -0.4 is 9.47 Å². The van der Waals surface area contributed by atoms with Crippen molar-refractivity contribution in [2.45, 2.75) is 26.8 Å². The molecule has 1 atom stereocenters. The molecule has 1 aliphatic rings. The summed E-state index contributed by atoms with van der Waals surface area (Å²) in [6.45, 7) is 7.09. The van der Waals surface area contributed by atoms with Gasteiger partial charge in [0.15, 0.2) is 24.1 Å². The Morgan fingerprint density at radius 2 is 1.82 bits per heavy atom. The number of methoxy groups -OCH3 is 1. The molecular formula is C27H29BrN2O6S2. The van der Waals surface area contributed by atoms with Crippen molar-refractivity contribution in [2.75, 3.05) is 33.4 Å². The van der Waals surface area contributed by atoms with E-state index in [0.29, 0.717) is 51.7 Å². The third kappa shape index (κ3) is 6.75. The molecule has 0 radical (unpaired) electrons. The van der Waals surface area contributed by atoms with E-state index in [2.05, 4.69) is 15.9 Å². The minimum absolute atomic E-state index is 0.129. The molecule has 0 aliphatic carbocycles. The van der Waals surface area contributed by atoms with Crippen molar-refractivity contribution in [2.24, 2.45) is 0 Å². The molecule has 2 aromatic carbocycles. The van der Waals surface area contributed by atoms with Crippen LogP contribution in [0.5, 0.6) is 11.5 Å². The lowest BCUT2D eigenvalue weighted by Crippen LogP contribution is -2.37. The minimum Gasteiger partial charge on any atom is -0.490 e. The summed E-state index contributed by atoms with van der Waals surface area (Å²) in [6.07, 6.45) is 1.68. The summed E-state index contributed by atoms with van der Waals surface area (Å²) in [5.74, 6) is -0.301. The van der Waals surface area contributed by atoms with Crippen molar-refractivity contribution in [3.05, 3.63) is 63.0 Å². The van der Waals surface area contributed by atoms with Gasteiger partial charge in [-0.2, -0.15) is 0 Å². The largest absolute Gasteiger partial charge is 0.490 e. The molecule has 0 bridgehead atoms. The van der Waals surface area contributed by atoms with E-state index in [0.717, 1.165) is 11.8 Å². The van der Waals surface area contributed by atoms with Crippen LogP contribution in [0.15, 0.2) is 51.8 Å². The van der Waals surface area contributed by atoms with E-state index in [9.17, 15) is 14.4 Å². The Hall–Kier alpha value is -2.89. The maximum atomic E-state index is 13.4. The van der Waals surface area contributed by atoms with E-state index in [-0.39, 0.29) is 16.8 Å². The molecule has 1 unspecified atom stereocenters. The summed E-state index contributed by atoms with van der Waals surface area (Å²) >= 11 is 10.1. The lowest BCUT2D eigenvalue weighted by atomic mass is 10.1. The van der Waals surface area contributed by atoms with Gasteiger partial charge in [0.2, 0.25) is 0 Å². The fourth-order valence-corrected chi connectivity index (χ4v) is 5.75. The highest BCUT2D eigenvalue weighted by atomic mass is 79.9. The van der Waals surface area contributed by atoms with Gasteiger partial charge in [0.25, 0.3) is 11.8 Å². The van der Waals surface area contributed by atoms with Crippen molar-refractivity contribution < 1.29 is 28.6 Å². The second-order valence-corrected chi connectivity index (χ2v) is 10.5. The lowest BCUT2D eigenvalue weighted by Gasteiger charge is -2.24. The van der Waals surface area contributed by atoms with Gasteiger partial charge in [-0.15, -0.1) is 0 Å². The van der Waals surface area contributed by atoms with Crippen LogP contribution in [-0.2, 0) is 19.1 Å². The average Bonchev–Trinajstić information content (AvgIpc) is 3.17. The zero-order valence-corrected chi connectivity index (χ0v) is 24.8. The Balaban J connectivity index is 1.91. The fraction of sp³-hybridized carbons (Fsp3) is 0.333. The maximum absolute atomic E-state index is 13.4. The Morgan fingerprint density at radius 3 is 2.42 bits per heavy atom. The number of esters is 1. The number of likely N-dealkylation sites (N-methyl/N-ethyl adjacent to an activating group) is 1. The van der Waals surface area contributed by atoms with E-state index in [1.165, 1.54) is 12.0 Å². The molecule has 1 heterocycles. The van der Waals surface area contributed by atoms with Crippen molar-refractivity contribution in [3.63, 3.8) is 0 Å². The lowest BCUT2D eigenvalue weighted by molar-refractivity contribution is -0.148. The first kappa shape index (κ1) is 29.7. The molecule has 0 N–H and O–H groups in total. The molecule has 1 fully saturated rings. The highest BCUT2D eigenvalue weighted by Gasteiger charge is 2.42. The first-order valence-corrected chi connectivity index (χ1v) is 14.0. The SMILES string of the molecule is CCOc1cc(/C=C2/SC(=S)N(C(C(=O)OC)c3ccccc3)C2=O)cc(Br)c1OCC(=O)N(CC)CC. The van der Waals surface area contributed by atoms with Crippen LogP contribution in [-0.4, -0.2) is 65.3 Å². The van der Waals surface area contributed by atoms with Crippen molar-refractivity contribution in [1.82, 2.24) is 9.80 Å². The van der Waals surface area contributed by atoms with Crippen LogP contribution in [0.1, 0.15) is 37.9 Å². The Kier molecular flexibility index (Phi) is 10.7. The molecule has 0 aromatic heterocycles. The van der Waals surface area contributed by atoms with E-state index in [4.69, 9.17) is 26.4 Å². The second-order valence-electron chi connectivity index (χ2n) is 8.01. The first-order chi connectivity index (χ1) is 18.2. The number of amides is 2. The number of ether oxygens (including phenoxy) is 3. The van der Waals surface area contributed by atoms with Crippen LogP contribution in [0.4, 0.5) is 0 Å². The molecule has 38 heavy (non-hydrogen) atoms. The topological polar surface area (TPSA) is 85.4 Å². The summed E-state index contributed by atoms with van der Waals surface area (Å²) < 4.78 is 17.4. The van der Waals surface area contributed by atoms with Crippen LogP contribution in [0, 0.1) is 0 Å². The van der Waals surface area contributed by atoms with Crippen LogP contribution >= 0.6 is 39.9 Å². The van der Waals surface area contributed by atoms with Crippen LogP contribution in [0.25, 0.3) is 6.08 Å². The third-order valence-electron chi connectivity index (χ3n) is 5.71.